The maximum Gasteiger partial charge on any atom is 0.494 e. The van der Waals surface area contributed by atoms with Gasteiger partial charge in [-0.25, -0.2) is 0 Å². The normalized spacial score (nSPS) is 22.8. The Labute approximate surface area is 128 Å². The van der Waals surface area contributed by atoms with Crippen LogP contribution in [0.4, 0.5) is 0 Å². The van der Waals surface area contributed by atoms with Gasteiger partial charge in [0, 0.05) is 0 Å². The van der Waals surface area contributed by atoms with E-state index in [0.717, 1.165) is 5.46 Å². The summed E-state index contributed by atoms with van der Waals surface area (Å²) in [6, 6.07) is 6.91. The molecule has 0 unspecified atom stereocenters. The molecule has 1 aromatic rings. The van der Waals surface area contributed by atoms with Crippen LogP contribution in [-0.4, -0.2) is 36.5 Å². The highest BCUT2D eigenvalue weighted by Crippen LogP contribution is 2.36. The van der Waals surface area contributed by atoms with Gasteiger partial charge in [0.05, 0.1) is 11.2 Å². The summed E-state index contributed by atoms with van der Waals surface area (Å²) in [5.74, 6) is 0.250. The highest BCUT2D eigenvalue weighted by molar-refractivity contribution is 6.62. The first-order valence-corrected chi connectivity index (χ1v) is 7.67. The number of phenolic OH excluding ortho intramolecular Hbond substituents is 1. The first-order chi connectivity index (χ1) is 9.82. The molecular formula is C16H26BNO3. The van der Waals surface area contributed by atoms with Gasteiger partial charge in [0.1, 0.15) is 5.75 Å². The summed E-state index contributed by atoms with van der Waals surface area (Å²) in [4.78, 5) is 0. The highest BCUT2D eigenvalue weighted by atomic mass is 16.7. The largest absolute Gasteiger partial charge is 0.508 e. The molecule has 21 heavy (non-hydrogen) atoms. The first-order valence-electron chi connectivity index (χ1n) is 7.67. The fourth-order valence-corrected chi connectivity index (χ4v) is 2.24. The zero-order valence-corrected chi connectivity index (χ0v) is 13.5. The van der Waals surface area contributed by atoms with Crippen LogP contribution in [0, 0.1) is 0 Å². The standard InChI is InChI=1S/C12H17BO3.C4H9N/c1-11(2)12(3,4)16-13(15-11)9-5-7-10(14)8-6-9;1-2-4-5-3-1/h5-8,14H,1-4H3;5H,1-4H2. The summed E-state index contributed by atoms with van der Waals surface area (Å²) in [6.07, 6.45) is 2.78. The van der Waals surface area contributed by atoms with Crippen LogP contribution >= 0.6 is 0 Å². The predicted octanol–water partition coefficient (Wildman–Crippen LogP) is 2.06. The van der Waals surface area contributed by atoms with Gasteiger partial charge in [-0.2, -0.15) is 0 Å². The van der Waals surface area contributed by atoms with E-state index in [1.807, 2.05) is 39.8 Å². The molecule has 1 aromatic carbocycles. The molecule has 0 saturated carbocycles. The van der Waals surface area contributed by atoms with Gasteiger partial charge in [-0.1, -0.05) is 12.1 Å². The third-order valence-electron chi connectivity index (χ3n) is 4.38. The summed E-state index contributed by atoms with van der Waals surface area (Å²) in [5, 5.41) is 12.4. The molecule has 2 saturated heterocycles. The number of phenols is 1. The monoisotopic (exact) mass is 291 g/mol. The van der Waals surface area contributed by atoms with Gasteiger partial charge in [0.25, 0.3) is 0 Å². The molecule has 0 spiro atoms. The second kappa shape index (κ2) is 6.38. The van der Waals surface area contributed by atoms with Crippen LogP contribution in [0.5, 0.6) is 5.75 Å². The number of hydrogen-bond donors (Lipinski definition) is 2. The summed E-state index contributed by atoms with van der Waals surface area (Å²) in [6.45, 7) is 10.6. The van der Waals surface area contributed by atoms with Crippen LogP contribution in [0.25, 0.3) is 0 Å². The lowest BCUT2D eigenvalue weighted by molar-refractivity contribution is 0.00578. The molecule has 4 nitrogen and oxygen atoms in total. The Morgan fingerprint density at radius 1 is 0.952 bits per heavy atom. The zero-order valence-electron chi connectivity index (χ0n) is 13.5. The second-order valence-electron chi connectivity index (χ2n) is 6.64. The number of rotatable bonds is 1. The number of aromatic hydroxyl groups is 1. The van der Waals surface area contributed by atoms with E-state index < -0.39 is 0 Å². The predicted molar refractivity (Wildman–Crippen MR) is 85.9 cm³/mol. The van der Waals surface area contributed by atoms with Crippen molar-refractivity contribution >= 4 is 12.6 Å². The molecular weight excluding hydrogens is 265 g/mol. The SMILES string of the molecule is C1CCNC1.CC1(C)OB(c2ccc(O)cc2)OC1(C)C. The van der Waals surface area contributed by atoms with E-state index in [9.17, 15) is 5.11 Å². The smallest absolute Gasteiger partial charge is 0.494 e. The lowest BCUT2D eigenvalue weighted by Crippen LogP contribution is -2.41. The van der Waals surface area contributed by atoms with E-state index >= 15 is 0 Å². The van der Waals surface area contributed by atoms with Crippen LogP contribution in [0.15, 0.2) is 24.3 Å². The number of hydrogen-bond acceptors (Lipinski definition) is 4. The van der Waals surface area contributed by atoms with Crippen LogP contribution in [0.3, 0.4) is 0 Å². The van der Waals surface area contributed by atoms with Crippen LogP contribution < -0.4 is 10.8 Å². The van der Waals surface area contributed by atoms with E-state index in [0.29, 0.717) is 0 Å². The Balaban J connectivity index is 0.000000272. The molecule has 116 valence electrons. The molecule has 0 aromatic heterocycles. The van der Waals surface area contributed by atoms with Crippen molar-refractivity contribution in [2.24, 2.45) is 0 Å². The topological polar surface area (TPSA) is 50.7 Å². The fraction of sp³-hybridized carbons (Fsp3) is 0.625. The summed E-state index contributed by atoms with van der Waals surface area (Å²) in [7, 11) is -0.356. The quantitative estimate of drug-likeness (QED) is 0.778. The molecule has 5 heteroatoms. The number of benzene rings is 1. The van der Waals surface area contributed by atoms with Gasteiger partial charge in [0.15, 0.2) is 0 Å². The van der Waals surface area contributed by atoms with Crippen molar-refractivity contribution in [2.45, 2.75) is 51.7 Å². The third kappa shape index (κ3) is 3.99. The Bertz CT molecular complexity index is 431. The van der Waals surface area contributed by atoms with E-state index in [-0.39, 0.29) is 24.1 Å². The summed E-state index contributed by atoms with van der Waals surface area (Å²) in [5.41, 5.74) is 0.280. The molecule has 0 aliphatic carbocycles. The van der Waals surface area contributed by atoms with Gasteiger partial charge in [-0.15, -0.1) is 0 Å². The minimum absolute atomic E-state index is 0.250. The molecule has 2 fully saturated rings. The Hall–Kier alpha value is -1.04. The average molecular weight is 291 g/mol. The van der Waals surface area contributed by atoms with Crippen LogP contribution in [0.2, 0.25) is 0 Å². The Morgan fingerprint density at radius 2 is 1.43 bits per heavy atom. The van der Waals surface area contributed by atoms with Crippen LogP contribution in [-0.2, 0) is 9.31 Å². The Kier molecular flexibility index (Phi) is 4.97. The minimum Gasteiger partial charge on any atom is -0.508 e. The van der Waals surface area contributed by atoms with Crippen molar-refractivity contribution in [1.82, 2.24) is 5.32 Å². The lowest BCUT2D eigenvalue weighted by atomic mass is 9.79. The molecule has 2 aliphatic heterocycles. The molecule has 2 heterocycles. The van der Waals surface area contributed by atoms with E-state index in [4.69, 9.17) is 9.31 Å². The van der Waals surface area contributed by atoms with Gasteiger partial charge < -0.3 is 19.7 Å². The maximum absolute atomic E-state index is 9.22. The van der Waals surface area contributed by atoms with E-state index in [1.54, 1.807) is 12.1 Å². The molecule has 3 rings (SSSR count). The summed E-state index contributed by atoms with van der Waals surface area (Å²) >= 11 is 0. The van der Waals surface area contributed by atoms with Crippen molar-refractivity contribution in [3.05, 3.63) is 24.3 Å². The molecule has 0 amide bonds. The zero-order chi connectivity index (χ0) is 15.5. The van der Waals surface area contributed by atoms with Crippen LogP contribution in [0.1, 0.15) is 40.5 Å². The van der Waals surface area contributed by atoms with Crippen molar-refractivity contribution in [1.29, 1.82) is 0 Å². The van der Waals surface area contributed by atoms with Gasteiger partial charge in [-0.05, 0) is 71.2 Å². The summed E-state index contributed by atoms with van der Waals surface area (Å²) < 4.78 is 11.8. The molecule has 2 N–H and O–H groups in total. The van der Waals surface area contributed by atoms with Gasteiger partial charge >= 0.3 is 7.12 Å². The van der Waals surface area contributed by atoms with Crippen molar-refractivity contribution in [3.63, 3.8) is 0 Å². The number of nitrogens with one attached hydrogen (secondary N) is 1. The maximum atomic E-state index is 9.22. The first kappa shape index (κ1) is 16.3. The molecule has 0 radical (unpaired) electrons. The lowest BCUT2D eigenvalue weighted by Gasteiger charge is -2.32. The fourth-order valence-electron chi connectivity index (χ4n) is 2.24. The average Bonchev–Trinajstić information content (AvgIpc) is 3.02. The highest BCUT2D eigenvalue weighted by Gasteiger charge is 2.51. The van der Waals surface area contributed by atoms with E-state index in [1.165, 1.54) is 25.9 Å². The molecule has 2 aliphatic rings. The van der Waals surface area contributed by atoms with Crippen molar-refractivity contribution in [2.75, 3.05) is 13.1 Å². The Morgan fingerprint density at radius 3 is 1.81 bits per heavy atom. The molecule has 0 bridgehead atoms. The van der Waals surface area contributed by atoms with E-state index in [2.05, 4.69) is 5.32 Å². The van der Waals surface area contributed by atoms with Crippen molar-refractivity contribution < 1.29 is 14.4 Å². The molecule has 0 atom stereocenters. The minimum atomic E-state index is -0.356. The second-order valence-corrected chi connectivity index (χ2v) is 6.64. The van der Waals surface area contributed by atoms with Gasteiger partial charge in [0.2, 0.25) is 0 Å². The third-order valence-corrected chi connectivity index (χ3v) is 4.38. The van der Waals surface area contributed by atoms with Gasteiger partial charge in [-0.3, -0.25) is 0 Å². The van der Waals surface area contributed by atoms with Crippen molar-refractivity contribution in [3.8, 4) is 5.75 Å².